The first-order valence-electron chi connectivity index (χ1n) is 5.20. The SMILES string of the molecule is Cc1nc(SCC#N)cc(-c2ccccc2)n1. The molecule has 0 saturated heterocycles. The lowest BCUT2D eigenvalue weighted by atomic mass is 10.1. The van der Waals surface area contributed by atoms with Gasteiger partial charge < -0.3 is 0 Å². The summed E-state index contributed by atoms with van der Waals surface area (Å²) in [7, 11) is 0. The zero-order valence-electron chi connectivity index (χ0n) is 9.42. The van der Waals surface area contributed by atoms with Crippen LogP contribution in [0.4, 0.5) is 0 Å². The van der Waals surface area contributed by atoms with E-state index in [9.17, 15) is 0 Å². The van der Waals surface area contributed by atoms with Crippen LogP contribution in [0.25, 0.3) is 11.3 Å². The van der Waals surface area contributed by atoms with Gasteiger partial charge in [0.15, 0.2) is 0 Å². The van der Waals surface area contributed by atoms with Crippen molar-refractivity contribution in [2.24, 2.45) is 0 Å². The fraction of sp³-hybridized carbons (Fsp3) is 0.154. The maximum atomic E-state index is 8.57. The first-order valence-corrected chi connectivity index (χ1v) is 6.19. The first kappa shape index (κ1) is 11.6. The number of nitriles is 1. The molecular weight excluding hydrogens is 230 g/mol. The molecule has 0 aliphatic heterocycles. The quantitative estimate of drug-likeness (QED) is 0.612. The number of hydrogen-bond acceptors (Lipinski definition) is 4. The largest absolute Gasteiger partial charge is 0.233 e. The topological polar surface area (TPSA) is 49.6 Å². The molecule has 4 heteroatoms. The monoisotopic (exact) mass is 241 g/mol. The molecule has 0 fully saturated rings. The van der Waals surface area contributed by atoms with Gasteiger partial charge in [-0.15, -0.1) is 0 Å². The van der Waals surface area contributed by atoms with Crippen molar-refractivity contribution >= 4 is 11.8 Å². The Kier molecular flexibility index (Phi) is 3.73. The molecule has 0 atom stereocenters. The Morgan fingerprint density at radius 1 is 1.24 bits per heavy atom. The Morgan fingerprint density at radius 3 is 2.71 bits per heavy atom. The lowest BCUT2D eigenvalue weighted by Crippen LogP contribution is -1.93. The molecule has 0 saturated carbocycles. The average molecular weight is 241 g/mol. The maximum absolute atomic E-state index is 8.57. The Balaban J connectivity index is 2.36. The summed E-state index contributed by atoms with van der Waals surface area (Å²) in [6.45, 7) is 1.86. The van der Waals surface area contributed by atoms with Gasteiger partial charge in [0.2, 0.25) is 0 Å². The Hall–Kier alpha value is -1.86. The Morgan fingerprint density at radius 2 is 2.00 bits per heavy atom. The first-order chi connectivity index (χ1) is 8.29. The van der Waals surface area contributed by atoms with Gasteiger partial charge in [-0.25, -0.2) is 9.97 Å². The van der Waals surface area contributed by atoms with Crippen LogP contribution in [0, 0.1) is 18.3 Å². The number of thioether (sulfide) groups is 1. The second-order valence-corrected chi connectivity index (χ2v) is 4.45. The van der Waals surface area contributed by atoms with Gasteiger partial charge in [0.25, 0.3) is 0 Å². The van der Waals surface area contributed by atoms with Crippen LogP contribution in [0.5, 0.6) is 0 Å². The summed E-state index contributed by atoms with van der Waals surface area (Å²) < 4.78 is 0. The third-order valence-electron chi connectivity index (χ3n) is 2.17. The van der Waals surface area contributed by atoms with E-state index in [1.807, 2.05) is 43.3 Å². The number of hydrogen-bond donors (Lipinski definition) is 0. The van der Waals surface area contributed by atoms with Gasteiger partial charge in [-0.05, 0) is 13.0 Å². The van der Waals surface area contributed by atoms with Gasteiger partial charge in [0.1, 0.15) is 10.9 Å². The van der Waals surface area contributed by atoms with Gasteiger partial charge >= 0.3 is 0 Å². The highest BCUT2D eigenvalue weighted by molar-refractivity contribution is 7.99. The summed E-state index contributed by atoms with van der Waals surface area (Å²) in [5.41, 5.74) is 1.97. The van der Waals surface area contributed by atoms with Gasteiger partial charge in [-0.1, -0.05) is 42.1 Å². The van der Waals surface area contributed by atoms with Crippen molar-refractivity contribution < 1.29 is 0 Å². The van der Waals surface area contributed by atoms with Crippen molar-refractivity contribution in [3.05, 3.63) is 42.2 Å². The van der Waals surface area contributed by atoms with Gasteiger partial charge in [-0.3, -0.25) is 0 Å². The fourth-order valence-electron chi connectivity index (χ4n) is 1.48. The van der Waals surface area contributed by atoms with Crippen LogP contribution in [0.3, 0.4) is 0 Å². The van der Waals surface area contributed by atoms with Gasteiger partial charge in [0.05, 0.1) is 17.5 Å². The number of rotatable bonds is 3. The molecule has 1 heterocycles. The van der Waals surface area contributed by atoms with Crippen molar-refractivity contribution in [3.8, 4) is 17.3 Å². The number of benzene rings is 1. The van der Waals surface area contributed by atoms with E-state index in [4.69, 9.17) is 5.26 Å². The summed E-state index contributed by atoms with van der Waals surface area (Å²) in [6, 6.07) is 14.0. The molecule has 0 aliphatic rings. The van der Waals surface area contributed by atoms with Crippen molar-refractivity contribution in [2.45, 2.75) is 11.9 Å². The zero-order chi connectivity index (χ0) is 12.1. The normalized spacial score (nSPS) is 9.88. The molecule has 1 aromatic heterocycles. The molecule has 0 radical (unpaired) electrons. The van der Waals surface area contributed by atoms with Crippen molar-refractivity contribution in [1.82, 2.24) is 9.97 Å². The smallest absolute Gasteiger partial charge is 0.127 e. The highest BCUT2D eigenvalue weighted by Crippen LogP contribution is 2.22. The summed E-state index contributed by atoms with van der Waals surface area (Å²) in [5.74, 6) is 1.14. The van der Waals surface area contributed by atoms with Crippen LogP contribution in [-0.2, 0) is 0 Å². The molecule has 0 N–H and O–H groups in total. The van der Waals surface area contributed by atoms with Crippen LogP contribution >= 0.6 is 11.8 Å². The van der Waals surface area contributed by atoms with Crippen LogP contribution in [0.2, 0.25) is 0 Å². The van der Waals surface area contributed by atoms with E-state index in [0.717, 1.165) is 22.1 Å². The standard InChI is InChI=1S/C13H11N3S/c1-10-15-12(11-5-3-2-4-6-11)9-13(16-10)17-8-7-14/h2-6,9H,8H2,1H3. The van der Waals surface area contributed by atoms with Crippen LogP contribution in [0.1, 0.15) is 5.82 Å². The van der Waals surface area contributed by atoms with Crippen molar-refractivity contribution in [1.29, 1.82) is 5.26 Å². The van der Waals surface area contributed by atoms with Crippen molar-refractivity contribution in [2.75, 3.05) is 5.75 Å². The van der Waals surface area contributed by atoms with Crippen LogP contribution in [0.15, 0.2) is 41.4 Å². The average Bonchev–Trinajstić information content (AvgIpc) is 2.37. The Bertz CT molecular complexity index is 546. The summed E-state index contributed by atoms with van der Waals surface area (Å²) in [4.78, 5) is 8.70. The molecule has 0 aliphatic carbocycles. The number of aryl methyl sites for hydroxylation is 1. The minimum atomic E-state index is 0.407. The minimum absolute atomic E-state index is 0.407. The van der Waals surface area contributed by atoms with E-state index in [1.54, 1.807) is 0 Å². The van der Waals surface area contributed by atoms with Crippen LogP contribution < -0.4 is 0 Å². The second-order valence-electron chi connectivity index (χ2n) is 3.45. The third kappa shape index (κ3) is 3.05. The predicted octanol–water partition coefficient (Wildman–Crippen LogP) is 3.07. The van der Waals surface area contributed by atoms with E-state index in [2.05, 4.69) is 16.0 Å². The zero-order valence-corrected chi connectivity index (χ0v) is 10.2. The van der Waals surface area contributed by atoms with Gasteiger partial charge in [-0.2, -0.15) is 5.26 Å². The molecular formula is C13H11N3S. The molecule has 1 aromatic carbocycles. The minimum Gasteiger partial charge on any atom is -0.233 e. The van der Waals surface area contributed by atoms with E-state index >= 15 is 0 Å². The lowest BCUT2D eigenvalue weighted by Gasteiger charge is -2.04. The molecule has 2 rings (SSSR count). The molecule has 0 unspecified atom stereocenters. The third-order valence-corrected chi connectivity index (χ3v) is 2.95. The summed E-state index contributed by atoms with van der Waals surface area (Å²) in [5, 5.41) is 9.41. The lowest BCUT2D eigenvalue weighted by molar-refractivity contribution is 0.973. The summed E-state index contributed by atoms with van der Waals surface area (Å²) in [6.07, 6.45) is 0. The molecule has 2 aromatic rings. The van der Waals surface area contributed by atoms with E-state index in [0.29, 0.717) is 5.75 Å². The predicted molar refractivity (Wildman–Crippen MR) is 68.5 cm³/mol. The fourth-order valence-corrected chi connectivity index (χ4v) is 2.08. The molecule has 0 amide bonds. The molecule has 17 heavy (non-hydrogen) atoms. The molecule has 0 spiro atoms. The van der Waals surface area contributed by atoms with Crippen LogP contribution in [-0.4, -0.2) is 15.7 Å². The Labute approximate surface area is 105 Å². The summed E-state index contributed by atoms with van der Waals surface area (Å²) >= 11 is 1.43. The van der Waals surface area contributed by atoms with E-state index < -0.39 is 0 Å². The number of aromatic nitrogens is 2. The molecule has 3 nitrogen and oxygen atoms in total. The van der Waals surface area contributed by atoms with E-state index in [-0.39, 0.29) is 0 Å². The highest BCUT2D eigenvalue weighted by Gasteiger charge is 2.04. The maximum Gasteiger partial charge on any atom is 0.127 e. The molecule has 84 valence electrons. The van der Waals surface area contributed by atoms with E-state index in [1.165, 1.54) is 11.8 Å². The second kappa shape index (κ2) is 5.46. The molecule has 0 bridgehead atoms. The van der Waals surface area contributed by atoms with Gasteiger partial charge in [0, 0.05) is 5.56 Å². The number of nitrogens with zero attached hydrogens (tertiary/aromatic N) is 3. The van der Waals surface area contributed by atoms with Crippen molar-refractivity contribution in [3.63, 3.8) is 0 Å². The highest BCUT2D eigenvalue weighted by atomic mass is 32.2.